The highest BCUT2D eigenvalue weighted by Gasteiger charge is 2.18. The van der Waals surface area contributed by atoms with Gasteiger partial charge in [0.2, 0.25) is 0 Å². The lowest BCUT2D eigenvalue weighted by molar-refractivity contribution is 0.0757. The van der Waals surface area contributed by atoms with Gasteiger partial charge in [-0.1, -0.05) is 30.3 Å². The number of aryl methyl sites for hydroxylation is 1. The molecule has 0 aliphatic heterocycles. The molecule has 0 aliphatic rings. The number of imidazole rings is 1. The van der Waals surface area contributed by atoms with Gasteiger partial charge < -0.3 is 15.0 Å². The van der Waals surface area contributed by atoms with E-state index >= 15 is 0 Å². The van der Waals surface area contributed by atoms with Crippen LogP contribution in [0.25, 0.3) is 5.65 Å². The maximum atomic E-state index is 12.8. The number of nitrogens with two attached hydrogens (primary N) is 1. The Labute approximate surface area is 166 Å². The Morgan fingerprint density at radius 1 is 1.15 bits per heavy atom. The largest absolute Gasteiger partial charge is 0.336 e. The van der Waals surface area contributed by atoms with Gasteiger partial charge in [-0.2, -0.15) is 0 Å². The molecule has 0 unspecified atom stereocenters. The van der Waals surface area contributed by atoms with Crippen LogP contribution in [0.15, 0.2) is 54.9 Å². The van der Waals surface area contributed by atoms with Crippen molar-refractivity contribution in [2.24, 2.45) is 5.73 Å². The van der Waals surface area contributed by atoms with E-state index in [-0.39, 0.29) is 30.7 Å². The van der Waals surface area contributed by atoms with Crippen LogP contribution in [0, 0.1) is 6.92 Å². The van der Waals surface area contributed by atoms with Gasteiger partial charge >= 0.3 is 0 Å². The first-order chi connectivity index (χ1) is 11.7. The van der Waals surface area contributed by atoms with Crippen molar-refractivity contribution in [3.8, 4) is 0 Å². The number of hydrogen-bond donors (Lipinski definition) is 1. The van der Waals surface area contributed by atoms with Crippen molar-refractivity contribution in [3.63, 3.8) is 0 Å². The molecule has 2 N–H and O–H groups in total. The average Bonchev–Trinajstić information content (AvgIpc) is 3.02. The van der Waals surface area contributed by atoms with Crippen LogP contribution in [0.2, 0.25) is 0 Å². The molecule has 1 amide bonds. The van der Waals surface area contributed by atoms with Crippen molar-refractivity contribution in [2.45, 2.75) is 13.3 Å². The number of fused-ring (bicyclic) bond motifs is 1. The number of benzene rings is 1. The fraction of sp³-hybridized carbons (Fsp3) is 0.263. The van der Waals surface area contributed by atoms with Gasteiger partial charge in [0, 0.05) is 32.0 Å². The van der Waals surface area contributed by atoms with E-state index < -0.39 is 0 Å². The molecule has 3 aromatic rings. The Hall–Kier alpha value is -2.08. The number of hydrogen-bond acceptors (Lipinski definition) is 3. The minimum atomic E-state index is -0.0715. The molecule has 140 valence electrons. The third kappa shape index (κ3) is 5.21. The normalized spacial score (nSPS) is 10.1. The Balaban J connectivity index is 0.00000169. The molecule has 0 bridgehead atoms. The van der Waals surface area contributed by atoms with Crippen molar-refractivity contribution in [1.29, 1.82) is 0 Å². The van der Waals surface area contributed by atoms with Crippen molar-refractivity contribution >= 4 is 36.4 Å². The Bertz CT molecular complexity index is 836. The number of carbonyl (C=O) groups is 1. The summed E-state index contributed by atoms with van der Waals surface area (Å²) in [4.78, 5) is 19.0. The second kappa shape index (κ2) is 10.2. The van der Waals surface area contributed by atoms with Crippen LogP contribution in [0.5, 0.6) is 0 Å². The molecule has 7 heteroatoms. The number of pyridine rings is 1. The fourth-order valence-electron chi connectivity index (χ4n) is 2.73. The molecule has 0 atom stereocenters. The number of nitrogens with zero attached hydrogens (tertiary/aromatic N) is 3. The lowest BCUT2D eigenvalue weighted by Crippen LogP contribution is -2.37. The molecule has 0 saturated carbocycles. The van der Waals surface area contributed by atoms with Crippen molar-refractivity contribution in [3.05, 3.63) is 71.7 Å². The van der Waals surface area contributed by atoms with Crippen molar-refractivity contribution < 1.29 is 4.79 Å². The molecule has 0 aliphatic carbocycles. The summed E-state index contributed by atoms with van der Waals surface area (Å²) in [7, 11) is 0. The Morgan fingerprint density at radius 2 is 1.88 bits per heavy atom. The minimum absolute atomic E-state index is 0. The summed E-state index contributed by atoms with van der Waals surface area (Å²) < 4.78 is 1.87. The number of halogens is 2. The molecular formula is C19H24Cl2N4O. The first-order valence-corrected chi connectivity index (χ1v) is 8.16. The summed E-state index contributed by atoms with van der Waals surface area (Å²) in [6, 6.07) is 14.1. The van der Waals surface area contributed by atoms with Crippen LogP contribution >= 0.6 is 24.8 Å². The zero-order valence-corrected chi connectivity index (χ0v) is 16.3. The molecule has 3 rings (SSSR count). The lowest BCUT2D eigenvalue weighted by Gasteiger charge is -2.21. The SMILES string of the molecule is Cc1ccn2cc(C(=O)N(CCN)CCc3ccccc3)nc2c1.Cl.Cl. The highest BCUT2D eigenvalue weighted by Crippen LogP contribution is 2.11. The quantitative estimate of drug-likeness (QED) is 0.698. The number of rotatable bonds is 6. The third-order valence-electron chi connectivity index (χ3n) is 4.03. The van der Waals surface area contributed by atoms with Gasteiger partial charge in [-0.05, 0) is 36.6 Å². The molecule has 0 saturated heterocycles. The van der Waals surface area contributed by atoms with E-state index in [0.29, 0.717) is 25.3 Å². The molecule has 0 fully saturated rings. The molecule has 1 aromatic carbocycles. The second-order valence-corrected chi connectivity index (χ2v) is 5.91. The monoisotopic (exact) mass is 394 g/mol. The van der Waals surface area contributed by atoms with Gasteiger partial charge in [0.15, 0.2) is 0 Å². The average molecular weight is 395 g/mol. The standard InChI is InChI=1S/C19H22N4O.2ClH/c1-15-7-10-23-14-17(21-18(23)13-15)19(24)22(12-9-20)11-8-16-5-3-2-4-6-16;;/h2-7,10,13-14H,8-9,11-12,20H2,1H3;2*1H. The van der Waals surface area contributed by atoms with E-state index in [2.05, 4.69) is 17.1 Å². The van der Waals surface area contributed by atoms with E-state index in [1.807, 2.05) is 47.9 Å². The van der Waals surface area contributed by atoms with Gasteiger partial charge in [0.25, 0.3) is 5.91 Å². The van der Waals surface area contributed by atoms with E-state index in [4.69, 9.17) is 5.73 Å². The predicted molar refractivity (Wildman–Crippen MR) is 110 cm³/mol. The number of carbonyl (C=O) groups excluding carboxylic acids is 1. The smallest absolute Gasteiger partial charge is 0.274 e. The molecule has 0 radical (unpaired) electrons. The second-order valence-electron chi connectivity index (χ2n) is 5.91. The van der Waals surface area contributed by atoms with Crippen LogP contribution in [0.3, 0.4) is 0 Å². The van der Waals surface area contributed by atoms with E-state index in [1.54, 1.807) is 11.1 Å². The van der Waals surface area contributed by atoms with Gasteiger partial charge in [-0.25, -0.2) is 4.98 Å². The third-order valence-corrected chi connectivity index (χ3v) is 4.03. The van der Waals surface area contributed by atoms with Crippen LogP contribution in [0.4, 0.5) is 0 Å². The summed E-state index contributed by atoms with van der Waals surface area (Å²) in [6.45, 7) is 3.61. The first-order valence-electron chi connectivity index (χ1n) is 8.16. The van der Waals surface area contributed by atoms with Gasteiger partial charge in [0.05, 0.1) is 0 Å². The maximum Gasteiger partial charge on any atom is 0.274 e. The number of aromatic nitrogens is 2. The van der Waals surface area contributed by atoms with E-state index in [0.717, 1.165) is 17.6 Å². The summed E-state index contributed by atoms with van der Waals surface area (Å²) in [5.41, 5.74) is 9.26. The van der Waals surface area contributed by atoms with Crippen LogP contribution in [0.1, 0.15) is 21.6 Å². The van der Waals surface area contributed by atoms with Crippen molar-refractivity contribution in [1.82, 2.24) is 14.3 Å². The summed E-state index contributed by atoms with van der Waals surface area (Å²) in [5, 5.41) is 0. The summed E-state index contributed by atoms with van der Waals surface area (Å²) >= 11 is 0. The lowest BCUT2D eigenvalue weighted by atomic mass is 10.1. The number of amides is 1. The molecular weight excluding hydrogens is 371 g/mol. The minimum Gasteiger partial charge on any atom is -0.336 e. The Kier molecular flexibility index (Phi) is 8.58. The van der Waals surface area contributed by atoms with Gasteiger partial charge in [0.1, 0.15) is 11.3 Å². The highest BCUT2D eigenvalue weighted by atomic mass is 35.5. The van der Waals surface area contributed by atoms with Crippen LogP contribution in [-0.2, 0) is 6.42 Å². The summed E-state index contributed by atoms with van der Waals surface area (Å²) in [5.74, 6) is -0.0715. The Morgan fingerprint density at radius 3 is 2.58 bits per heavy atom. The maximum absolute atomic E-state index is 12.8. The topological polar surface area (TPSA) is 63.6 Å². The van der Waals surface area contributed by atoms with E-state index in [9.17, 15) is 4.79 Å². The molecule has 2 aromatic heterocycles. The predicted octanol–water partition coefficient (Wildman–Crippen LogP) is 3.13. The van der Waals surface area contributed by atoms with Gasteiger partial charge in [-0.3, -0.25) is 4.79 Å². The van der Waals surface area contributed by atoms with Crippen molar-refractivity contribution in [2.75, 3.05) is 19.6 Å². The fourth-order valence-corrected chi connectivity index (χ4v) is 2.73. The zero-order chi connectivity index (χ0) is 16.9. The molecule has 0 spiro atoms. The van der Waals surface area contributed by atoms with E-state index in [1.165, 1.54) is 5.56 Å². The molecule has 5 nitrogen and oxygen atoms in total. The molecule has 26 heavy (non-hydrogen) atoms. The first kappa shape index (κ1) is 22.0. The van der Waals surface area contributed by atoms with Gasteiger partial charge in [-0.15, -0.1) is 24.8 Å². The highest BCUT2D eigenvalue weighted by molar-refractivity contribution is 5.93. The molecule has 2 heterocycles. The van der Waals surface area contributed by atoms with Crippen LogP contribution in [-0.4, -0.2) is 39.8 Å². The summed E-state index contributed by atoms with van der Waals surface area (Å²) in [6.07, 6.45) is 4.51. The zero-order valence-electron chi connectivity index (χ0n) is 14.7. The van der Waals surface area contributed by atoms with Crippen LogP contribution < -0.4 is 5.73 Å².